The van der Waals surface area contributed by atoms with Crippen molar-refractivity contribution in [2.24, 2.45) is 0 Å². The molecule has 1 heterocycles. The number of carbonyl (C=O) groups excluding carboxylic acids is 1. The summed E-state index contributed by atoms with van der Waals surface area (Å²) in [5, 5.41) is 11.9. The number of aliphatic hydroxyl groups excluding tert-OH is 1. The highest BCUT2D eigenvalue weighted by Gasteiger charge is 2.33. The van der Waals surface area contributed by atoms with Crippen molar-refractivity contribution in [2.45, 2.75) is 25.7 Å². The van der Waals surface area contributed by atoms with Gasteiger partial charge in [-0.15, -0.1) is 0 Å². The van der Waals surface area contributed by atoms with Gasteiger partial charge in [0.1, 0.15) is 12.3 Å². The van der Waals surface area contributed by atoms with Crippen molar-refractivity contribution in [3.63, 3.8) is 0 Å². The van der Waals surface area contributed by atoms with Gasteiger partial charge in [0.25, 0.3) is 0 Å². The second-order valence-electron chi connectivity index (χ2n) is 4.63. The summed E-state index contributed by atoms with van der Waals surface area (Å²) in [6.45, 7) is 2.42. The highest BCUT2D eigenvalue weighted by molar-refractivity contribution is 5.74. The molecule has 0 bridgehead atoms. The highest BCUT2D eigenvalue weighted by atomic mass is 19.1. The molecule has 0 radical (unpaired) electrons. The number of hydrogen-bond acceptors (Lipinski definition) is 2. The van der Waals surface area contributed by atoms with E-state index in [9.17, 15) is 14.3 Å². The van der Waals surface area contributed by atoms with E-state index in [1.807, 2.05) is 31.2 Å². The number of nitrogens with zero attached hydrogens (tertiary/aromatic N) is 1. The Morgan fingerprint density at radius 1 is 1.44 bits per heavy atom. The summed E-state index contributed by atoms with van der Waals surface area (Å²) in [7, 11) is 0. The molecular weight excluding hydrogens is 235 g/mol. The fraction of sp³-hybridized carbons (Fsp3) is 0.462. The second kappa shape index (κ2) is 5.35. The number of amides is 2. The number of halogens is 1. The summed E-state index contributed by atoms with van der Waals surface area (Å²) in [5.74, 6) is 0. The Labute approximate surface area is 105 Å². The van der Waals surface area contributed by atoms with E-state index in [4.69, 9.17) is 0 Å². The van der Waals surface area contributed by atoms with Crippen LogP contribution in [0.3, 0.4) is 0 Å². The van der Waals surface area contributed by atoms with Crippen molar-refractivity contribution in [3.8, 4) is 0 Å². The molecule has 1 fully saturated rings. The number of benzene rings is 1. The minimum Gasteiger partial charge on any atom is -0.388 e. The first kappa shape index (κ1) is 12.8. The Hall–Kier alpha value is -1.62. The molecule has 4 nitrogen and oxygen atoms in total. The highest BCUT2D eigenvalue weighted by Crippen LogP contribution is 2.13. The maximum atomic E-state index is 13.1. The lowest BCUT2D eigenvalue weighted by molar-refractivity contribution is 0.116. The van der Waals surface area contributed by atoms with Crippen molar-refractivity contribution in [2.75, 3.05) is 13.1 Å². The van der Waals surface area contributed by atoms with Crippen LogP contribution >= 0.6 is 0 Å². The SMILES string of the molecule is Cc1ccc(CNC(=O)N2C[C@H](O)[C@@H](F)C2)cc1. The molecule has 1 aromatic carbocycles. The van der Waals surface area contributed by atoms with Crippen molar-refractivity contribution in [3.05, 3.63) is 35.4 Å². The predicted octanol–water partition coefficient (Wildman–Crippen LogP) is 1.22. The van der Waals surface area contributed by atoms with Crippen LogP contribution in [0.15, 0.2) is 24.3 Å². The van der Waals surface area contributed by atoms with E-state index in [2.05, 4.69) is 5.32 Å². The standard InChI is InChI=1S/C13H17FN2O2/c1-9-2-4-10(5-3-9)6-15-13(18)16-7-11(14)12(17)8-16/h2-5,11-12,17H,6-8H2,1H3,(H,15,18)/t11-,12-/m0/s1. The van der Waals surface area contributed by atoms with Crippen molar-refractivity contribution in [1.82, 2.24) is 10.2 Å². The molecule has 1 aliphatic heterocycles. The molecule has 1 aliphatic rings. The number of hydrogen-bond donors (Lipinski definition) is 2. The molecule has 1 saturated heterocycles. The van der Waals surface area contributed by atoms with Gasteiger partial charge in [0.05, 0.1) is 13.1 Å². The topological polar surface area (TPSA) is 52.6 Å². The van der Waals surface area contributed by atoms with Gasteiger partial charge in [-0.2, -0.15) is 0 Å². The number of carbonyl (C=O) groups is 1. The Morgan fingerprint density at radius 3 is 2.67 bits per heavy atom. The zero-order valence-corrected chi connectivity index (χ0v) is 10.3. The number of alkyl halides is 1. The molecule has 1 aromatic rings. The lowest BCUT2D eigenvalue weighted by atomic mass is 10.1. The number of urea groups is 1. The first-order valence-electron chi connectivity index (χ1n) is 5.96. The number of rotatable bonds is 2. The first-order valence-corrected chi connectivity index (χ1v) is 5.96. The van der Waals surface area contributed by atoms with E-state index in [-0.39, 0.29) is 19.1 Å². The van der Waals surface area contributed by atoms with Gasteiger partial charge in [-0.3, -0.25) is 0 Å². The first-order chi connectivity index (χ1) is 8.56. The summed E-state index contributed by atoms with van der Waals surface area (Å²) in [6, 6.07) is 7.48. The van der Waals surface area contributed by atoms with Gasteiger partial charge in [-0.1, -0.05) is 29.8 Å². The minimum atomic E-state index is -1.34. The van der Waals surface area contributed by atoms with Gasteiger partial charge in [0.2, 0.25) is 0 Å². The third-order valence-electron chi connectivity index (χ3n) is 3.07. The van der Waals surface area contributed by atoms with Crippen LogP contribution in [0.4, 0.5) is 9.18 Å². The Bertz CT molecular complexity index is 412. The third-order valence-corrected chi connectivity index (χ3v) is 3.07. The van der Waals surface area contributed by atoms with Gasteiger partial charge < -0.3 is 15.3 Å². The Balaban J connectivity index is 1.83. The van der Waals surface area contributed by atoms with Gasteiger partial charge in [-0.25, -0.2) is 9.18 Å². The molecule has 0 spiro atoms. The Kier molecular flexibility index (Phi) is 3.81. The fourth-order valence-corrected chi connectivity index (χ4v) is 1.91. The van der Waals surface area contributed by atoms with Crippen LogP contribution in [0, 0.1) is 6.92 Å². The summed E-state index contributed by atoms with van der Waals surface area (Å²) in [5.41, 5.74) is 2.15. The maximum Gasteiger partial charge on any atom is 0.317 e. The third kappa shape index (κ3) is 2.98. The summed E-state index contributed by atoms with van der Waals surface area (Å²) in [4.78, 5) is 13.0. The lowest BCUT2D eigenvalue weighted by Crippen LogP contribution is -2.38. The molecular formula is C13H17FN2O2. The number of nitrogens with one attached hydrogen (secondary N) is 1. The van der Waals surface area contributed by atoms with Gasteiger partial charge in [-0.05, 0) is 12.5 Å². The smallest absolute Gasteiger partial charge is 0.317 e. The molecule has 18 heavy (non-hydrogen) atoms. The predicted molar refractivity (Wildman–Crippen MR) is 65.9 cm³/mol. The number of β-amino-alcohol motifs (C(OH)–C–C–N with tert-alkyl or cyclic N) is 1. The zero-order valence-electron chi connectivity index (χ0n) is 10.3. The quantitative estimate of drug-likeness (QED) is 0.831. The normalized spacial score (nSPS) is 23.2. The van der Waals surface area contributed by atoms with Crippen LogP contribution in [0.2, 0.25) is 0 Å². The van der Waals surface area contributed by atoms with E-state index < -0.39 is 12.3 Å². The van der Waals surface area contributed by atoms with Crippen LogP contribution in [-0.2, 0) is 6.54 Å². The van der Waals surface area contributed by atoms with Crippen molar-refractivity contribution >= 4 is 6.03 Å². The summed E-state index contributed by atoms with van der Waals surface area (Å²) in [6.07, 6.45) is -2.40. The molecule has 2 atom stereocenters. The van der Waals surface area contributed by atoms with Crippen LogP contribution in [-0.4, -0.2) is 41.4 Å². The number of aliphatic hydroxyl groups is 1. The van der Waals surface area contributed by atoms with E-state index in [0.29, 0.717) is 6.54 Å². The van der Waals surface area contributed by atoms with Gasteiger partial charge in [0, 0.05) is 6.54 Å². The molecule has 2 N–H and O–H groups in total. The molecule has 0 saturated carbocycles. The average Bonchev–Trinajstić information content (AvgIpc) is 2.69. The van der Waals surface area contributed by atoms with E-state index in [0.717, 1.165) is 11.1 Å². The monoisotopic (exact) mass is 252 g/mol. The molecule has 98 valence electrons. The molecule has 0 unspecified atom stereocenters. The summed E-state index contributed by atoms with van der Waals surface area (Å²) >= 11 is 0. The molecule has 5 heteroatoms. The van der Waals surface area contributed by atoms with Crippen LogP contribution in [0.25, 0.3) is 0 Å². The van der Waals surface area contributed by atoms with E-state index in [1.165, 1.54) is 4.90 Å². The second-order valence-corrected chi connectivity index (χ2v) is 4.63. The van der Waals surface area contributed by atoms with Crippen LogP contribution < -0.4 is 5.32 Å². The molecule has 2 rings (SSSR count). The van der Waals surface area contributed by atoms with Crippen LogP contribution in [0.1, 0.15) is 11.1 Å². The lowest BCUT2D eigenvalue weighted by Gasteiger charge is -2.16. The van der Waals surface area contributed by atoms with E-state index in [1.54, 1.807) is 0 Å². The van der Waals surface area contributed by atoms with Crippen LogP contribution in [0.5, 0.6) is 0 Å². The van der Waals surface area contributed by atoms with Gasteiger partial charge >= 0.3 is 6.03 Å². The Morgan fingerprint density at radius 2 is 2.11 bits per heavy atom. The fourth-order valence-electron chi connectivity index (χ4n) is 1.91. The average molecular weight is 252 g/mol. The number of likely N-dealkylation sites (tertiary alicyclic amines) is 1. The van der Waals surface area contributed by atoms with Crippen molar-refractivity contribution in [1.29, 1.82) is 0 Å². The molecule has 0 aliphatic carbocycles. The molecule has 0 aromatic heterocycles. The van der Waals surface area contributed by atoms with Gasteiger partial charge in [0.15, 0.2) is 0 Å². The molecule has 2 amide bonds. The largest absolute Gasteiger partial charge is 0.388 e. The maximum absolute atomic E-state index is 13.1. The van der Waals surface area contributed by atoms with Crippen molar-refractivity contribution < 1.29 is 14.3 Å². The van der Waals surface area contributed by atoms with E-state index >= 15 is 0 Å². The zero-order chi connectivity index (χ0) is 13.1. The minimum absolute atomic E-state index is 0.0408. The number of aryl methyl sites for hydroxylation is 1. The summed E-state index contributed by atoms with van der Waals surface area (Å²) < 4.78 is 13.1.